The second kappa shape index (κ2) is 6.28. The molecule has 1 atom stereocenters. The van der Waals surface area contributed by atoms with Gasteiger partial charge in [0.05, 0.1) is 11.9 Å². The zero-order valence-electron chi connectivity index (χ0n) is 15.5. The Morgan fingerprint density at radius 1 is 1.30 bits per heavy atom. The monoisotopic (exact) mass is 361 g/mol. The van der Waals surface area contributed by atoms with Gasteiger partial charge in [0.2, 0.25) is 0 Å². The van der Waals surface area contributed by atoms with Gasteiger partial charge >= 0.3 is 0 Å². The molecule has 2 aromatic rings. The van der Waals surface area contributed by atoms with Crippen molar-refractivity contribution in [2.45, 2.75) is 19.5 Å². The minimum absolute atomic E-state index is 0.107. The van der Waals surface area contributed by atoms with E-state index in [4.69, 9.17) is 0 Å². The lowest BCUT2D eigenvalue weighted by molar-refractivity contribution is 0.389. The predicted octanol–water partition coefficient (Wildman–Crippen LogP) is 2.20. The molecule has 3 aliphatic rings. The summed E-state index contributed by atoms with van der Waals surface area (Å²) < 4.78 is 0. The number of nitrogens with zero attached hydrogens (tertiary/aromatic N) is 3. The molecule has 7 heteroatoms. The fraction of sp³-hybridized carbons (Fsp3) is 0.300. The van der Waals surface area contributed by atoms with Crippen molar-refractivity contribution >= 4 is 22.9 Å². The molecule has 1 unspecified atom stereocenters. The Labute approximate surface area is 157 Å². The number of H-pyrrole nitrogens is 1. The fourth-order valence-electron chi connectivity index (χ4n) is 3.82. The summed E-state index contributed by atoms with van der Waals surface area (Å²) in [5.41, 5.74) is 6.80. The van der Waals surface area contributed by atoms with Crippen LogP contribution < -0.4 is 16.0 Å². The highest BCUT2D eigenvalue weighted by molar-refractivity contribution is 5.85. The third-order valence-electron chi connectivity index (χ3n) is 5.35. The summed E-state index contributed by atoms with van der Waals surface area (Å²) in [6.07, 6.45) is 7.53. The van der Waals surface area contributed by atoms with Crippen molar-refractivity contribution in [3.63, 3.8) is 0 Å². The quantitative estimate of drug-likeness (QED) is 0.674. The van der Waals surface area contributed by atoms with Crippen LogP contribution in [0.2, 0.25) is 0 Å². The van der Waals surface area contributed by atoms with E-state index < -0.39 is 0 Å². The van der Waals surface area contributed by atoms with Crippen LogP contribution in [0.5, 0.6) is 0 Å². The maximum absolute atomic E-state index is 4.65. The van der Waals surface area contributed by atoms with Crippen molar-refractivity contribution in [1.82, 2.24) is 25.7 Å². The van der Waals surface area contributed by atoms with Crippen molar-refractivity contribution in [2.24, 2.45) is 4.99 Å². The third-order valence-corrected chi connectivity index (χ3v) is 5.35. The Hall–Kier alpha value is -3.06. The van der Waals surface area contributed by atoms with E-state index in [0.717, 1.165) is 47.6 Å². The van der Waals surface area contributed by atoms with E-state index in [-0.39, 0.29) is 6.17 Å². The van der Waals surface area contributed by atoms with Crippen LogP contribution in [-0.2, 0) is 0 Å². The van der Waals surface area contributed by atoms with E-state index in [2.05, 4.69) is 54.3 Å². The smallest absolute Gasteiger partial charge is 0.139 e. The number of likely N-dealkylation sites (N-methyl/N-ethyl adjacent to an activating group) is 1. The minimum atomic E-state index is 0.107. The van der Waals surface area contributed by atoms with Crippen molar-refractivity contribution in [1.29, 1.82) is 0 Å². The summed E-state index contributed by atoms with van der Waals surface area (Å²) in [6.45, 7) is 3.99. The molecule has 138 valence electrons. The van der Waals surface area contributed by atoms with Gasteiger partial charge in [-0.3, -0.25) is 5.10 Å². The Balaban J connectivity index is 1.50. The van der Waals surface area contributed by atoms with Gasteiger partial charge < -0.3 is 20.9 Å². The summed E-state index contributed by atoms with van der Waals surface area (Å²) in [4.78, 5) is 6.75. The highest BCUT2D eigenvalue weighted by Gasteiger charge is 2.31. The van der Waals surface area contributed by atoms with Gasteiger partial charge in [-0.15, -0.1) is 0 Å². The van der Waals surface area contributed by atoms with Gasteiger partial charge in [0.1, 0.15) is 12.0 Å². The van der Waals surface area contributed by atoms with Gasteiger partial charge in [-0.25, -0.2) is 4.99 Å². The number of aryl methyl sites for hydroxylation is 1. The van der Waals surface area contributed by atoms with E-state index in [1.54, 1.807) is 0 Å². The van der Waals surface area contributed by atoms with Crippen molar-refractivity contribution in [2.75, 3.05) is 25.5 Å². The van der Waals surface area contributed by atoms with Crippen LogP contribution in [0.3, 0.4) is 0 Å². The molecule has 4 heterocycles. The topological polar surface area (TPSA) is 80.4 Å². The molecule has 7 nitrogen and oxygen atoms in total. The lowest BCUT2D eigenvalue weighted by Gasteiger charge is -2.29. The van der Waals surface area contributed by atoms with E-state index in [0.29, 0.717) is 0 Å². The highest BCUT2D eigenvalue weighted by Crippen LogP contribution is 2.31. The summed E-state index contributed by atoms with van der Waals surface area (Å²) >= 11 is 0. The number of aliphatic imine (C=N–C) groups is 1. The second-order valence-corrected chi connectivity index (χ2v) is 7.21. The summed E-state index contributed by atoms with van der Waals surface area (Å²) in [6, 6.07) is 6.19. The molecule has 3 aliphatic heterocycles. The molecule has 0 radical (unpaired) electrons. The number of benzene rings is 1. The van der Waals surface area contributed by atoms with Crippen LogP contribution in [-0.4, -0.2) is 47.7 Å². The second-order valence-electron chi connectivity index (χ2n) is 7.21. The number of hydrogen-bond acceptors (Lipinski definition) is 6. The van der Waals surface area contributed by atoms with E-state index in [9.17, 15) is 0 Å². The first-order chi connectivity index (χ1) is 13.2. The number of allylic oxidation sites excluding steroid dienone is 1. The Kier molecular flexibility index (Phi) is 3.75. The first kappa shape index (κ1) is 16.1. The average molecular weight is 361 g/mol. The molecule has 4 N–H and O–H groups in total. The number of rotatable bonds is 3. The van der Waals surface area contributed by atoms with Crippen LogP contribution in [0, 0.1) is 6.92 Å². The van der Waals surface area contributed by atoms with Crippen molar-refractivity contribution in [3.8, 4) is 0 Å². The highest BCUT2D eigenvalue weighted by atomic mass is 15.3. The Bertz CT molecular complexity index is 1020. The van der Waals surface area contributed by atoms with Gasteiger partial charge in [-0.2, -0.15) is 5.10 Å². The standard InChI is InChI=1S/C20H23N7/c1-12-15-9-14(3-4-17(15)26-25-12)23-19-16-10-18(13-5-7-21-8-6-13)24-20(16)27(2)11-22-19/h3-5,9-11,20-21,23-24H,6-8H2,1-2H3,(H,25,26). The molecule has 0 saturated heterocycles. The van der Waals surface area contributed by atoms with Gasteiger partial charge in [-0.1, -0.05) is 6.08 Å². The maximum atomic E-state index is 4.65. The summed E-state index contributed by atoms with van der Waals surface area (Å²) in [7, 11) is 2.05. The fourth-order valence-corrected chi connectivity index (χ4v) is 3.82. The summed E-state index contributed by atoms with van der Waals surface area (Å²) in [5.74, 6) is 0.885. The van der Waals surface area contributed by atoms with Gasteiger partial charge in [0, 0.05) is 41.6 Å². The van der Waals surface area contributed by atoms with Crippen LogP contribution in [0.25, 0.3) is 10.9 Å². The first-order valence-electron chi connectivity index (χ1n) is 9.29. The van der Waals surface area contributed by atoms with Crippen LogP contribution in [0.1, 0.15) is 12.1 Å². The molecule has 5 rings (SSSR count). The molecular formula is C20H23N7. The maximum Gasteiger partial charge on any atom is 0.139 e. The minimum Gasteiger partial charge on any atom is -0.361 e. The third kappa shape index (κ3) is 2.80. The molecule has 0 aliphatic carbocycles. The van der Waals surface area contributed by atoms with Gasteiger partial charge in [0.25, 0.3) is 0 Å². The molecular weight excluding hydrogens is 338 g/mol. The van der Waals surface area contributed by atoms with Crippen LogP contribution >= 0.6 is 0 Å². The zero-order valence-corrected chi connectivity index (χ0v) is 15.5. The van der Waals surface area contributed by atoms with Crippen molar-refractivity contribution < 1.29 is 0 Å². The van der Waals surface area contributed by atoms with E-state index in [1.165, 1.54) is 16.8 Å². The first-order valence-corrected chi connectivity index (χ1v) is 9.29. The molecule has 1 aromatic carbocycles. The average Bonchev–Trinajstić information content (AvgIpc) is 3.30. The molecule has 1 aromatic heterocycles. The molecule has 0 spiro atoms. The number of aromatic nitrogens is 2. The van der Waals surface area contributed by atoms with E-state index >= 15 is 0 Å². The van der Waals surface area contributed by atoms with Gasteiger partial charge in [0.15, 0.2) is 0 Å². The number of anilines is 1. The predicted molar refractivity (Wildman–Crippen MR) is 108 cm³/mol. The lowest BCUT2D eigenvalue weighted by Crippen LogP contribution is -2.43. The Morgan fingerprint density at radius 2 is 2.22 bits per heavy atom. The molecule has 0 saturated carbocycles. The number of nitrogens with one attached hydrogen (secondary N) is 4. The van der Waals surface area contributed by atoms with Crippen molar-refractivity contribution in [3.05, 3.63) is 58.7 Å². The largest absolute Gasteiger partial charge is 0.361 e. The van der Waals surface area contributed by atoms with Gasteiger partial charge in [-0.05, 0) is 49.7 Å². The zero-order chi connectivity index (χ0) is 18.4. The Morgan fingerprint density at radius 3 is 3.07 bits per heavy atom. The normalized spacial score (nSPS) is 21.9. The molecule has 27 heavy (non-hydrogen) atoms. The van der Waals surface area contributed by atoms with Crippen LogP contribution in [0.4, 0.5) is 5.69 Å². The van der Waals surface area contributed by atoms with E-state index in [1.807, 2.05) is 32.4 Å². The number of hydrogen-bond donors (Lipinski definition) is 4. The SMILES string of the molecule is Cc1[nH]nc2ccc(NC3=C4C=C(C5=CCNCC5)NC4N(C)C=N3)cc12. The van der Waals surface area contributed by atoms with Crippen LogP contribution in [0.15, 0.2) is 58.0 Å². The summed E-state index contributed by atoms with van der Waals surface area (Å²) in [5, 5.41) is 19.0. The number of aromatic amines is 1. The lowest BCUT2D eigenvalue weighted by atomic mass is 10.1. The molecule has 0 bridgehead atoms. The number of fused-ring (bicyclic) bond motifs is 2. The molecule has 0 fully saturated rings. The molecule has 0 amide bonds.